The molecule has 2 unspecified atom stereocenters. The minimum atomic E-state index is -0.780. The molecule has 1 aromatic rings. The maximum Gasteiger partial charge on any atom is 0.159 e. The van der Waals surface area contributed by atoms with E-state index in [0.717, 1.165) is 12.0 Å². The largest absolute Gasteiger partial charge is 0.298 e. The topological polar surface area (TPSA) is 3.24 Å². The zero-order valence-corrected chi connectivity index (χ0v) is 12.1. The summed E-state index contributed by atoms with van der Waals surface area (Å²) in [4.78, 5) is 2.73. The molecule has 2 atom stereocenters. The molecule has 0 N–H and O–H groups in total. The van der Waals surface area contributed by atoms with E-state index >= 15 is 0 Å². The van der Waals surface area contributed by atoms with E-state index in [1.165, 1.54) is 31.4 Å². The van der Waals surface area contributed by atoms with Crippen molar-refractivity contribution in [1.29, 1.82) is 0 Å². The Morgan fingerprint density at radius 2 is 1.94 bits per heavy atom. The van der Waals surface area contributed by atoms with Crippen LogP contribution in [0.2, 0.25) is 0 Å². The van der Waals surface area contributed by atoms with Crippen LogP contribution in [0.4, 0.5) is 8.78 Å². The van der Waals surface area contributed by atoms with Gasteiger partial charge in [-0.1, -0.05) is 34.8 Å². The van der Waals surface area contributed by atoms with Crippen molar-refractivity contribution in [1.82, 2.24) is 4.90 Å². The Morgan fingerprint density at radius 3 is 2.61 bits per heavy atom. The van der Waals surface area contributed by atoms with Gasteiger partial charge in [0.05, 0.1) is 0 Å². The monoisotopic (exact) mass is 317 g/mol. The van der Waals surface area contributed by atoms with Gasteiger partial charge in [0.1, 0.15) is 0 Å². The molecule has 0 heterocycles. The fourth-order valence-corrected chi connectivity index (χ4v) is 3.60. The van der Waals surface area contributed by atoms with Crippen LogP contribution >= 0.6 is 15.9 Å². The fraction of sp³-hybridized carbons (Fsp3) is 0.571. The van der Waals surface area contributed by atoms with Crippen LogP contribution in [-0.2, 0) is 6.54 Å². The second kappa shape index (κ2) is 6.11. The second-order valence-electron chi connectivity index (χ2n) is 5.03. The average Bonchev–Trinajstić information content (AvgIpc) is 2.34. The predicted molar refractivity (Wildman–Crippen MR) is 72.8 cm³/mol. The predicted octanol–water partition coefficient (Wildman–Crippen LogP) is 4.10. The standard InChI is InChI=1S/C14H18BrF2N/c1-18(14-5-3-2-4-11(14)15)9-10-6-7-12(16)13(17)8-10/h6-8,11,14H,2-5,9H2,1H3. The van der Waals surface area contributed by atoms with Crippen LogP contribution in [0.25, 0.3) is 0 Å². The van der Waals surface area contributed by atoms with Crippen LogP contribution in [0.15, 0.2) is 18.2 Å². The molecule has 1 fully saturated rings. The molecule has 0 radical (unpaired) electrons. The lowest BCUT2D eigenvalue weighted by Gasteiger charge is -2.35. The third-order valence-electron chi connectivity index (χ3n) is 3.63. The van der Waals surface area contributed by atoms with Crippen molar-refractivity contribution < 1.29 is 8.78 Å². The van der Waals surface area contributed by atoms with E-state index in [-0.39, 0.29) is 0 Å². The maximum atomic E-state index is 13.1. The highest BCUT2D eigenvalue weighted by Gasteiger charge is 2.26. The molecular weight excluding hydrogens is 300 g/mol. The number of benzene rings is 1. The highest BCUT2D eigenvalue weighted by Crippen LogP contribution is 2.28. The summed E-state index contributed by atoms with van der Waals surface area (Å²) < 4.78 is 26.0. The molecule has 18 heavy (non-hydrogen) atoms. The first kappa shape index (κ1) is 13.9. The Morgan fingerprint density at radius 1 is 1.22 bits per heavy atom. The van der Waals surface area contributed by atoms with Gasteiger partial charge < -0.3 is 0 Å². The highest BCUT2D eigenvalue weighted by molar-refractivity contribution is 9.09. The van der Waals surface area contributed by atoms with Crippen LogP contribution in [-0.4, -0.2) is 22.8 Å². The van der Waals surface area contributed by atoms with Crippen LogP contribution in [0.1, 0.15) is 31.2 Å². The van der Waals surface area contributed by atoms with Gasteiger partial charge in [-0.3, -0.25) is 4.90 Å². The van der Waals surface area contributed by atoms with E-state index in [0.29, 0.717) is 17.4 Å². The summed E-state index contributed by atoms with van der Waals surface area (Å²) >= 11 is 3.72. The van der Waals surface area contributed by atoms with Gasteiger partial charge >= 0.3 is 0 Å². The summed E-state index contributed by atoms with van der Waals surface area (Å²) in [6.07, 6.45) is 4.86. The Kier molecular flexibility index (Phi) is 4.73. The van der Waals surface area contributed by atoms with Crippen molar-refractivity contribution in [2.45, 2.75) is 43.1 Å². The van der Waals surface area contributed by atoms with Gasteiger partial charge in [-0.25, -0.2) is 8.78 Å². The number of hydrogen-bond donors (Lipinski definition) is 0. The molecule has 0 aromatic heterocycles. The molecule has 0 bridgehead atoms. The van der Waals surface area contributed by atoms with E-state index in [2.05, 4.69) is 20.8 Å². The smallest absolute Gasteiger partial charge is 0.159 e. The SMILES string of the molecule is CN(Cc1ccc(F)c(F)c1)C1CCCCC1Br. The number of hydrogen-bond acceptors (Lipinski definition) is 1. The molecule has 0 saturated heterocycles. The molecule has 1 aliphatic rings. The number of alkyl halides is 1. The lowest BCUT2D eigenvalue weighted by atomic mass is 9.94. The van der Waals surface area contributed by atoms with E-state index in [1.807, 2.05) is 7.05 Å². The second-order valence-corrected chi connectivity index (χ2v) is 6.21. The van der Waals surface area contributed by atoms with Crippen LogP contribution < -0.4 is 0 Å². The lowest BCUT2D eigenvalue weighted by Crippen LogP contribution is -2.40. The molecule has 1 aromatic carbocycles. The van der Waals surface area contributed by atoms with Gasteiger partial charge in [-0.2, -0.15) is 0 Å². The van der Waals surface area contributed by atoms with Crippen molar-refractivity contribution >= 4 is 15.9 Å². The van der Waals surface area contributed by atoms with E-state index < -0.39 is 11.6 Å². The molecule has 0 aliphatic heterocycles. The number of halogens is 3. The Labute approximate surface area is 115 Å². The highest BCUT2D eigenvalue weighted by atomic mass is 79.9. The van der Waals surface area contributed by atoms with E-state index in [4.69, 9.17) is 0 Å². The van der Waals surface area contributed by atoms with Gasteiger partial charge in [0, 0.05) is 17.4 Å². The summed E-state index contributed by atoms with van der Waals surface area (Å²) in [6, 6.07) is 4.62. The first-order chi connectivity index (χ1) is 8.58. The summed E-state index contributed by atoms with van der Waals surface area (Å²) in [5, 5.41) is 0. The molecular formula is C14H18BrF2N. The maximum absolute atomic E-state index is 13.1. The van der Waals surface area contributed by atoms with Gasteiger partial charge in [0.25, 0.3) is 0 Å². The van der Waals surface area contributed by atoms with Crippen LogP contribution in [0.5, 0.6) is 0 Å². The molecule has 0 amide bonds. The number of nitrogens with zero attached hydrogens (tertiary/aromatic N) is 1. The summed E-state index contributed by atoms with van der Waals surface area (Å²) in [5.41, 5.74) is 0.821. The van der Waals surface area contributed by atoms with Crippen molar-refractivity contribution in [3.05, 3.63) is 35.4 Å². The minimum absolute atomic E-state index is 0.479. The van der Waals surface area contributed by atoms with Gasteiger partial charge in [-0.15, -0.1) is 0 Å². The van der Waals surface area contributed by atoms with Crippen molar-refractivity contribution in [2.75, 3.05) is 7.05 Å². The molecule has 1 nitrogen and oxygen atoms in total. The van der Waals surface area contributed by atoms with Gasteiger partial charge in [-0.05, 0) is 37.6 Å². The Bertz CT molecular complexity index is 411. The Balaban J connectivity index is 2.01. The Hall–Kier alpha value is -0.480. The third-order valence-corrected chi connectivity index (χ3v) is 4.70. The first-order valence-corrected chi connectivity index (χ1v) is 7.27. The summed E-state index contributed by atoms with van der Waals surface area (Å²) in [7, 11) is 2.05. The molecule has 4 heteroatoms. The van der Waals surface area contributed by atoms with Crippen LogP contribution in [0, 0.1) is 11.6 Å². The van der Waals surface area contributed by atoms with Gasteiger partial charge in [0.2, 0.25) is 0 Å². The zero-order valence-electron chi connectivity index (χ0n) is 10.5. The zero-order chi connectivity index (χ0) is 13.1. The van der Waals surface area contributed by atoms with E-state index in [1.54, 1.807) is 6.07 Å². The minimum Gasteiger partial charge on any atom is -0.298 e. The molecule has 2 rings (SSSR count). The summed E-state index contributed by atoms with van der Waals surface area (Å²) in [6.45, 7) is 0.657. The van der Waals surface area contributed by atoms with E-state index in [9.17, 15) is 8.78 Å². The molecule has 1 aliphatic carbocycles. The van der Waals surface area contributed by atoms with Crippen molar-refractivity contribution in [3.8, 4) is 0 Å². The average molecular weight is 318 g/mol. The van der Waals surface area contributed by atoms with Crippen LogP contribution in [0.3, 0.4) is 0 Å². The van der Waals surface area contributed by atoms with Crippen molar-refractivity contribution in [3.63, 3.8) is 0 Å². The molecule has 0 spiro atoms. The van der Waals surface area contributed by atoms with Gasteiger partial charge in [0.15, 0.2) is 11.6 Å². The first-order valence-electron chi connectivity index (χ1n) is 6.36. The summed E-state index contributed by atoms with van der Waals surface area (Å²) in [5.74, 6) is -1.54. The molecule has 100 valence electrons. The van der Waals surface area contributed by atoms with Crippen molar-refractivity contribution in [2.24, 2.45) is 0 Å². The lowest BCUT2D eigenvalue weighted by molar-refractivity contribution is 0.192. The fourth-order valence-electron chi connectivity index (χ4n) is 2.61. The molecule has 1 saturated carbocycles. The normalized spacial score (nSPS) is 24.5. The quantitative estimate of drug-likeness (QED) is 0.758. The third kappa shape index (κ3) is 3.29. The number of rotatable bonds is 3.